The Hall–Kier alpha value is -0.940. The molecule has 3 nitrogen and oxygen atoms in total. The number of carbonyl (C=O) groups is 1. The monoisotopic (exact) mass is 317 g/mol. The molecule has 5 heteroatoms. The van der Waals surface area contributed by atoms with Gasteiger partial charge in [-0.2, -0.15) is 0 Å². The molecule has 1 aromatic carbocycles. The van der Waals surface area contributed by atoms with Gasteiger partial charge >= 0.3 is 5.97 Å². The molecule has 0 amide bonds. The molecule has 1 atom stereocenters. The lowest BCUT2D eigenvalue weighted by Gasteiger charge is -2.29. The zero-order chi connectivity index (χ0) is 13.8. The van der Waals surface area contributed by atoms with Crippen LogP contribution in [0.4, 0.5) is 4.39 Å². The van der Waals surface area contributed by atoms with Crippen molar-refractivity contribution in [3.8, 4) is 0 Å². The molecule has 0 aromatic heterocycles. The fourth-order valence-electron chi connectivity index (χ4n) is 1.75. The summed E-state index contributed by atoms with van der Waals surface area (Å²) < 4.78 is 18.5. The summed E-state index contributed by atoms with van der Waals surface area (Å²) in [4.78, 5) is 12.0. The van der Waals surface area contributed by atoms with Crippen molar-refractivity contribution >= 4 is 21.9 Å². The number of methoxy groups -OCH3 is 1. The van der Waals surface area contributed by atoms with E-state index in [4.69, 9.17) is 4.74 Å². The number of nitrogens with one attached hydrogen (secondary N) is 1. The van der Waals surface area contributed by atoms with Gasteiger partial charge in [0, 0.05) is 4.47 Å². The van der Waals surface area contributed by atoms with Crippen LogP contribution >= 0.6 is 15.9 Å². The number of carbonyl (C=O) groups excluding carboxylic acids is 1. The van der Waals surface area contributed by atoms with Gasteiger partial charge in [-0.15, -0.1) is 0 Å². The number of rotatable bonds is 5. The molecular formula is C13H17BrFNO2. The highest BCUT2D eigenvalue weighted by molar-refractivity contribution is 9.10. The number of esters is 1. The van der Waals surface area contributed by atoms with Crippen molar-refractivity contribution in [1.82, 2.24) is 5.32 Å². The van der Waals surface area contributed by atoms with Gasteiger partial charge < -0.3 is 4.74 Å². The Morgan fingerprint density at radius 2 is 2.22 bits per heavy atom. The van der Waals surface area contributed by atoms with E-state index in [-0.39, 0.29) is 5.82 Å². The van der Waals surface area contributed by atoms with Gasteiger partial charge in [0.1, 0.15) is 11.4 Å². The summed E-state index contributed by atoms with van der Waals surface area (Å²) >= 11 is 3.28. The largest absolute Gasteiger partial charge is 0.467 e. The Kier molecular flexibility index (Phi) is 5.28. The van der Waals surface area contributed by atoms with E-state index in [0.717, 1.165) is 6.42 Å². The highest BCUT2D eigenvalue weighted by Gasteiger charge is 2.37. The van der Waals surface area contributed by atoms with E-state index in [2.05, 4.69) is 21.2 Å². The fourth-order valence-corrected chi connectivity index (χ4v) is 2.50. The molecule has 1 rings (SSSR count). The summed E-state index contributed by atoms with van der Waals surface area (Å²) in [6, 6.07) is 4.25. The maximum Gasteiger partial charge on any atom is 0.330 e. The number of halogens is 2. The van der Waals surface area contributed by atoms with E-state index >= 15 is 0 Å². The molecule has 1 aromatic rings. The molecule has 0 aliphatic heterocycles. The molecule has 0 bridgehead atoms. The first-order valence-electron chi connectivity index (χ1n) is 5.74. The van der Waals surface area contributed by atoms with Crippen LogP contribution in [0.1, 0.15) is 25.8 Å². The smallest absolute Gasteiger partial charge is 0.330 e. The first-order valence-corrected chi connectivity index (χ1v) is 6.54. The Morgan fingerprint density at radius 3 is 2.72 bits per heavy atom. The van der Waals surface area contributed by atoms with Crippen molar-refractivity contribution in [1.29, 1.82) is 0 Å². The van der Waals surface area contributed by atoms with Gasteiger partial charge in [-0.3, -0.25) is 5.32 Å². The summed E-state index contributed by atoms with van der Waals surface area (Å²) in [7, 11) is 1.34. The van der Waals surface area contributed by atoms with Crippen LogP contribution in [-0.4, -0.2) is 19.6 Å². The second-order valence-electron chi connectivity index (χ2n) is 4.17. The summed E-state index contributed by atoms with van der Waals surface area (Å²) in [5.41, 5.74) is -0.332. The first-order chi connectivity index (χ1) is 8.45. The minimum Gasteiger partial charge on any atom is -0.467 e. The van der Waals surface area contributed by atoms with Crippen molar-refractivity contribution < 1.29 is 13.9 Å². The van der Waals surface area contributed by atoms with Crippen LogP contribution in [-0.2, 0) is 15.1 Å². The van der Waals surface area contributed by atoms with Crippen molar-refractivity contribution in [2.75, 3.05) is 13.7 Å². The van der Waals surface area contributed by atoms with Gasteiger partial charge in [-0.1, -0.05) is 28.9 Å². The summed E-state index contributed by atoms with van der Waals surface area (Å²) in [6.45, 7) is 4.40. The molecule has 0 spiro atoms. The Labute approximate surface area is 115 Å². The van der Waals surface area contributed by atoms with E-state index in [1.54, 1.807) is 13.0 Å². The first kappa shape index (κ1) is 15.1. The lowest BCUT2D eigenvalue weighted by molar-refractivity contribution is -0.148. The number of hydrogen-bond acceptors (Lipinski definition) is 3. The van der Waals surface area contributed by atoms with Crippen molar-refractivity contribution in [3.05, 3.63) is 34.1 Å². The summed E-state index contributed by atoms with van der Waals surface area (Å²) in [5, 5.41) is 3.15. The molecule has 0 fully saturated rings. The topological polar surface area (TPSA) is 38.3 Å². The Morgan fingerprint density at radius 1 is 1.56 bits per heavy atom. The van der Waals surface area contributed by atoms with Gasteiger partial charge in [0.15, 0.2) is 0 Å². The predicted molar refractivity (Wildman–Crippen MR) is 71.8 cm³/mol. The van der Waals surface area contributed by atoms with E-state index in [0.29, 0.717) is 16.6 Å². The summed E-state index contributed by atoms with van der Waals surface area (Å²) in [6.07, 6.45) is 0.880. The molecule has 0 saturated carbocycles. The quantitative estimate of drug-likeness (QED) is 0.848. The highest BCUT2D eigenvalue weighted by atomic mass is 79.9. The van der Waals surface area contributed by atoms with E-state index < -0.39 is 11.5 Å². The van der Waals surface area contributed by atoms with E-state index in [1.807, 2.05) is 6.92 Å². The SMILES string of the molecule is CCCNC(C)(C(=O)OC)c1ccc(F)cc1Br. The third-order valence-corrected chi connectivity index (χ3v) is 3.45. The third kappa shape index (κ3) is 3.09. The van der Waals surface area contributed by atoms with E-state index in [9.17, 15) is 9.18 Å². The van der Waals surface area contributed by atoms with Crippen LogP contribution in [0, 0.1) is 5.82 Å². The van der Waals surface area contributed by atoms with Crippen molar-refractivity contribution in [3.63, 3.8) is 0 Å². The van der Waals surface area contributed by atoms with Gasteiger partial charge in [0.25, 0.3) is 0 Å². The molecule has 0 aliphatic carbocycles. The van der Waals surface area contributed by atoms with Crippen LogP contribution in [0.2, 0.25) is 0 Å². The molecule has 100 valence electrons. The average molecular weight is 318 g/mol. The normalized spacial score (nSPS) is 14.1. The summed E-state index contributed by atoms with van der Waals surface area (Å²) in [5.74, 6) is -0.753. The molecule has 0 aliphatic rings. The zero-order valence-electron chi connectivity index (χ0n) is 10.7. The average Bonchev–Trinajstić information content (AvgIpc) is 2.34. The van der Waals surface area contributed by atoms with Crippen LogP contribution in [0.5, 0.6) is 0 Å². The van der Waals surface area contributed by atoms with Gasteiger partial charge in [0.05, 0.1) is 7.11 Å². The zero-order valence-corrected chi connectivity index (χ0v) is 12.3. The minimum absolute atomic E-state index is 0.353. The molecule has 0 heterocycles. The van der Waals surface area contributed by atoms with E-state index in [1.165, 1.54) is 19.2 Å². The molecule has 0 saturated heterocycles. The molecule has 18 heavy (non-hydrogen) atoms. The maximum atomic E-state index is 13.1. The lowest BCUT2D eigenvalue weighted by Crippen LogP contribution is -2.48. The van der Waals surface area contributed by atoms with Crippen LogP contribution in [0.15, 0.2) is 22.7 Å². The second kappa shape index (κ2) is 6.29. The van der Waals surface area contributed by atoms with Gasteiger partial charge in [0.2, 0.25) is 0 Å². The standard InChI is InChI=1S/C13H17BrFNO2/c1-4-7-16-13(2,12(17)18-3)10-6-5-9(15)8-11(10)14/h5-6,8,16H,4,7H2,1-3H3. The molecule has 0 radical (unpaired) electrons. The number of ether oxygens (including phenoxy) is 1. The molecule has 1 unspecified atom stereocenters. The van der Waals surface area contributed by atoms with Crippen molar-refractivity contribution in [2.45, 2.75) is 25.8 Å². The molecular weight excluding hydrogens is 301 g/mol. The Bertz CT molecular complexity index is 439. The fraction of sp³-hybridized carbons (Fsp3) is 0.462. The lowest BCUT2D eigenvalue weighted by atomic mass is 9.91. The van der Waals surface area contributed by atoms with Gasteiger partial charge in [-0.05, 0) is 37.6 Å². The third-order valence-electron chi connectivity index (χ3n) is 2.79. The maximum absolute atomic E-state index is 13.1. The number of hydrogen-bond donors (Lipinski definition) is 1. The second-order valence-corrected chi connectivity index (χ2v) is 5.02. The Balaban J connectivity index is 3.20. The van der Waals surface area contributed by atoms with Crippen LogP contribution in [0.25, 0.3) is 0 Å². The van der Waals surface area contributed by atoms with Crippen LogP contribution in [0.3, 0.4) is 0 Å². The molecule has 1 N–H and O–H groups in total. The van der Waals surface area contributed by atoms with Crippen LogP contribution < -0.4 is 5.32 Å². The number of benzene rings is 1. The predicted octanol–water partition coefficient (Wildman–Crippen LogP) is 2.98. The highest BCUT2D eigenvalue weighted by Crippen LogP contribution is 2.30. The minimum atomic E-state index is -0.989. The van der Waals surface area contributed by atoms with Gasteiger partial charge in [-0.25, -0.2) is 9.18 Å². The van der Waals surface area contributed by atoms with Crippen molar-refractivity contribution in [2.24, 2.45) is 0 Å².